The number of rotatable bonds is 18. The maximum Gasteiger partial charge on any atom is 0.407 e. The van der Waals surface area contributed by atoms with Gasteiger partial charge in [0.2, 0.25) is 5.91 Å². The van der Waals surface area contributed by atoms with Crippen LogP contribution in [0.4, 0.5) is 22.8 Å². The number of aliphatic hydroxyl groups excluding tert-OH is 1. The monoisotopic (exact) mass is 932 g/mol. The number of nitrogens with zero attached hydrogens (tertiary/aromatic N) is 3. The molecule has 3 saturated heterocycles. The van der Waals surface area contributed by atoms with E-state index in [0.717, 1.165) is 55.6 Å². The van der Waals surface area contributed by atoms with E-state index < -0.39 is 48.7 Å². The topological polar surface area (TPSA) is 166 Å². The van der Waals surface area contributed by atoms with Crippen molar-refractivity contribution in [2.75, 3.05) is 48.1 Å². The summed E-state index contributed by atoms with van der Waals surface area (Å²) in [6, 6.07) is -2.02. The molecular formula is C48H72F3N7O8. The second kappa shape index (κ2) is 23.2. The number of allylic oxidation sites excluding steroid dienone is 3. The SMILES string of the molecule is C=C(NC1=CC[C@@H]([C@H]2CC[C@H](C3=CC[C@H](NC(=O)[C@@H]4CCCN4C(O)[C@@H](NC(=O)OC)[C@@H](C)OC)C=C3)N2C2C=C[C@@H](C(F)(F)F)CC2)C=C1)C1CCCN1C[C@@H](NC(=O)OC)[C@@H](C)OC. The van der Waals surface area contributed by atoms with Crippen molar-refractivity contribution >= 4 is 18.1 Å². The molecule has 0 spiro atoms. The summed E-state index contributed by atoms with van der Waals surface area (Å²) in [7, 11) is 5.68. The molecule has 0 aromatic rings. The molecule has 0 radical (unpaired) electrons. The Bertz CT molecular complexity index is 1860. The zero-order chi connectivity index (χ0) is 47.7. The van der Waals surface area contributed by atoms with Gasteiger partial charge in [-0.1, -0.05) is 49.1 Å². The van der Waals surface area contributed by atoms with E-state index in [-0.39, 0.29) is 60.6 Å². The van der Waals surface area contributed by atoms with Gasteiger partial charge >= 0.3 is 18.4 Å². The van der Waals surface area contributed by atoms with Crippen LogP contribution in [0.15, 0.2) is 72.2 Å². The van der Waals surface area contributed by atoms with Gasteiger partial charge in [-0.15, -0.1) is 0 Å². The first-order chi connectivity index (χ1) is 31.6. The van der Waals surface area contributed by atoms with Crippen molar-refractivity contribution in [1.29, 1.82) is 0 Å². The molecule has 0 saturated carbocycles. The highest BCUT2D eigenvalue weighted by molar-refractivity contribution is 5.82. The smallest absolute Gasteiger partial charge is 0.407 e. The van der Waals surface area contributed by atoms with Crippen molar-refractivity contribution < 1.29 is 51.6 Å². The molecule has 0 aromatic carbocycles. The number of carbonyl (C=O) groups is 3. The van der Waals surface area contributed by atoms with Crippen LogP contribution in [-0.4, -0.2) is 159 Å². The molecule has 18 heteroatoms. The van der Waals surface area contributed by atoms with Crippen LogP contribution in [0.1, 0.15) is 78.1 Å². The number of hydrogen-bond acceptors (Lipinski definition) is 12. The quantitative estimate of drug-likeness (QED) is 0.111. The first-order valence-corrected chi connectivity index (χ1v) is 23.5. The number of halogens is 3. The molecule has 3 unspecified atom stereocenters. The molecule has 3 aliphatic carbocycles. The minimum Gasteiger partial charge on any atom is -0.453 e. The first kappa shape index (κ1) is 51.2. The summed E-state index contributed by atoms with van der Waals surface area (Å²) in [5.74, 6) is -1.52. The predicted octanol–water partition coefficient (Wildman–Crippen LogP) is 5.42. The van der Waals surface area contributed by atoms with Crippen LogP contribution in [0, 0.1) is 11.8 Å². The average molecular weight is 932 g/mol. The molecule has 3 fully saturated rings. The Balaban J connectivity index is 1.10. The molecule has 3 aliphatic heterocycles. The van der Waals surface area contributed by atoms with Gasteiger partial charge in [-0.25, -0.2) is 9.59 Å². The Morgan fingerprint density at radius 1 is 0.833 bits per heavy atom. The minimum atomic E-state index is -4.28. The number of aliphatic hydroxyl groups is 1. The molecule has 3 heterocycles. The fourth-order valence-electron chi connectivity index (χ4n) is 10.7. The van der Waals surface area contributed by atoms with E-state index >= 15 is 0 Å². The van der Waals surface area contributed by atoms with Crippen molar-refractivity contribution in [3.8, 4) is 0 Å². The predicted molar refractivity (Wildman–Crippen MR) is 244 cm³/mol. The van der Waals surface area contributed by atoms with E-state index in [1.54, 1.807) is 25.0 Å². The second-order valence-electron chi connectivity index (χ2n) is 18.5. The lowest BCUT2D eigenvalue weighted by Crippen LogP contribution is -2.60. The number of likely N-dealkylation sites (tertiary alicyclic amines) is 3. The Morgan fingerprint density at radius 2 is 1.55 bits per heavy atom. The van der Waals surface area contributed by atoms with Gasteiger partial charge in [0.25, 0.3) is 0 Å². The van der Waals surface area contributed by atoms with Crippen molar-refractivity contribution in [2.24, 2.45) is 11.8 Å². The highest BCUT2D eigenvalue weighted by Crippen LogP contribution is 2.43. The molecule has 0 bridgehead atoms. The van der Waals surface area contributed by atoms with Crippen LogP contribution >= 0.6 is 0 Å². The van der Waals surface area contributed by atoms with Crippen LogP contribution in [-0.2, 0) is 23.7 Å². The van der Waals surface area contributed by atoms with Gasteiger partial charge in [-0.05, 0) is 102 Å². The average Bonchev–Trinajstić information content (AvgIpc) is 4.11. The zero-order valence-corrected chi connectivity index (χ0v) is 39.3. The summed E-state index contributed by atoms with van der Waals surface area (Å²) >= 11 is 0. The van der Waals surface area contributed by atoms with Crippen LogP contribution in [0.2, 0.25) is 0 Å². The normalized spacial score (nSPS) is 30.7. The molecular weight excluding hydrogens is 860 g/mol. The van der Waals surface area contributed by atoms with Gasteiger partial charge in [-0.3, -0.25) is 19.5 Å². The number of carbonyl (C=O) groups excluding carboxylic acids is 3. The third kappa shape index (κ3) is 12.5. The standard InChI is InChI=1S/C48H72F3N7O8/c1-29(39-10-8-26-56(39)28-38(30(2)63-4)54-46(61)65-6)52-35-18-12-32(13-19-35)40-24-25-41(58(40)37-22-16-34(17-23-37)48(49,50)51)33-14-20-36(21-15-33)53-44(59)42-11-9-27-57(42)45(60)43(31(3)64-5)55-47(62)66-7/h12,14-16,18-20,22,30-32,34,36-43,45,52,60H,1,8-11,13,17,21,23-28H2,2-7H3,(H,53,59)(H,54,61)(H,55,62)/t30-,31-,32+,34-,36-,37?,38-,39?,40-,41-,42+,43+,45?/m1/s1. The Labute approximate surface area is 387 Å². The van der Waals surface area contributed by atoms with Crippen molar-refractivity contribution in [1.82, 2.24) is 36.0 Å². The summed E-state index contributed by atoms with van der Waals surface area (Å²) in [4.78, 5) is 44.4. The van der Waals surface area contributed by atoms with Crippen LogP contribution in [0.5, 0.6) is 0 Å². The van der Waals surface area contributed by atoms with Gasteiger partial charge in [0, 0.05) is 62.9 Å². The second-order valence-corrected chi connectivity index (χ2v) is 18.5. The molecule has 15 nitrogen and oxygen atoms in total. The van der Waals surface area contributed by atoms with Gasteiger partial charge < -0.3 is 45.3 Å². The number of alkyl halides is 3. The number of hydrogen-bond donors (Lipinski definition) is 5. The molecule has 0 aromatic heterocycles. The third-order valence-electron chi connectivity index (χ3n) is 14.6. The third-order valence-corrected chi connectivity index (χ3v) is 14.6. The van der Waals surface area contributed by atoms with Crippen molar-refractivity contribution in [2.45, 2.75) is 151 Å². The number of alkyl carbamates (subject to hydrolysis) is 2. The van der Waals surface area contributed by atoms with Crippen LogP contribution < -0.4 is 21.3 Å². The summed E-state index contributed by atoms with van der Waals surface area (Å²) in [6.07, 6.45) is 15.0. The van der Waals surface area contributed by atoms with Crippen LogP contribution in [0.3, 0.4) is 0 Å². The summed E-state index contributed by atoms with van der Waals surface area (Å²) in [5, 5.41) is 23.6. The van der Waals surface area contributed by atoms with Gasteiger partial charge in [0.05, 0.1) is 56.5 Å². The maximum atomic E-state index is 13.8. The summed E-state index contributed by atoms with van der Waals surface area (Å²) in [6.45, 7) is 9.96. The lowest BCUT2D eigenvalue weighted by molar-refractivity contribution is -0.164. The number of methoxy groups -OCH3 is 4. The lowest BCUT2D eigenvalue weighted by atomic mass is 9.86. The van der Waals surface area contributed by atoms with E-state index in [2.05, 4.69) is 68.0 Å². The number of amides is 3. The Morgan fingerprint density at radius 3 is 2.17 bits per heavy atom. The van der Waals surface area contributed by atoms with E-state index in [1.165, 1.54) is 27.4 Å². The van der Waals surface area contributed by atoms with Crippen molar-refractivity contribution in [3.63, 3.8) is 0 Å². The minimum absolute atomic E-state index is 0.00849. The molecule has 368 valence electrons. The Hall–Kier alpha value is -4.20. The number of nitrogens with one attached hydrogen (secondary N) is 4. The largest absolute Gasteiger partial charge is 0.453 e. The van der Waals surface area contributed by atoms with Gasteiger partial charge in [-0.2, -0.15) is 13.2 Å². The highest BCUT2D eigenvalue weighted by Gasteiger charge is 2.46. The zero-order valence-electron chi connectivity index (χ0n) is 39.3. The van der Waals surface area contributed by atoms with E-state index in [1.807, 2.05) is 13.0 Å². The van der Waals surface area contributed by atoms with E-state index in [9.17, 15) is 32.7 Å². The highest BCUT2D eigenvalue weighted by atomic mass is 19.4. The van der Waals surface area contributed by atoms with Gasteiger partial charge in [0.15, 0.2) is 0 Å². The van der Waals surface area contributed by atoms with E-state index in [0.29, 0.717) is 38.8 Å². The maximum absolute atomic E-state index is 13.8. The fourth-order valence-corrected chi connectivity index (χ4v) is 10.7. The van der Waals surface area contributed by atoms with E-state index in [4.69, 9.17) is 18.9 Å². The summed E-state index contributed by atoms with van der Waals surface area (Å²) in [5.41, 5.74) is 2.92. The molecule has 6 aliphatic rings. The lowest BCUT2D eigenvalue weighted by Gasteiger charge is -2.42. The number of ether oxygens (including phenoxy) is 4. The molecule has 3 amide bonds. The Kier molecular flexibility index (Phi) is 18.0. The first-order valence-electron chi connectivity index (χ1n) is 23.5. The molecule has 6 rings (SSSR count). The molecule has 66 heavy (non-hydrogen) atoms. The van der Waals surface area contributed by atoms with Crippen molar-refractivity contribution in [3.05, 3.63) is 72.2 Å². The fraction of sp³-hybridized carbons (Fsp3) is 0.688. The summed E-state index contributed by atoms with van der Waals surface area (Å²) < 4.78 is 62.0. The van der Waals surface area contributed by atoms with Crippen LogP contribution in [0.25, 0.3) is 0 Å². The molecule has 5 N–H and O–H groups in total. The molecule has 13 atom stereocenters. The van der Waals surface area contributed by atoms with Gasteiger partial charge in [0.1, 0.15) is 6.23 Å².